The lowest BCUT2D eigenvalue weighted by molar-refractivity contribution is 0.712. The zero-order valence-electron chi connectivity index (χ0n) is 12.0. The highest BCUT2D eigenvalue weighted by Crippen LogP contribution is 2.20. The molecule has 2 aromatic rings. The molecule has 0 unspecified atom stereocenters. The van der Waals surface area contributed by atoms with Crippen LogP contribution >= 0.6 is 0 Å². The van der Waals surface area contributed by atoms with Crippen molar-refractivity contribution in [2.45, 2.75) is 40.2 Å². The topological polar surface area (TPSA) is 42.7 Å². The summed E-state index contributed by atoms with van der Waals surface area (Å²) in [5.41, 5.74) is 4.92. The van der Waals surface area contributed by atoms with Gasteiger partial charge in [-0.2, -0.15) is 5.10 Å². The molecule has 0 saturated carbocycles. The molecule has 0 fully saturated rings. The van der Waals surface area contributed by atoms with E-state index in [1.807, 2.05) is 24.5 Å². The Balaban J connectivity index is 2.47. The van der Waals surface area contributed by atoms with Gasteiger partial charge in [-0.3, -0.25) is 4.98 Å². The molecule has 19 heavy (non-hydrogen) atoms. The Morgan fingerprint density at radius 3 is 2.42 bits per heavy atom. The molecule has 0 atom stereocenters. The zero-order valence-corrected chi connectivity index (χ0v) is 12.0. The normalized spacial score (nSPS) is 10.9. The minimum atomic E-state index is 0.897. The second-order valence-electron chi connectivity index (χ2n) is 4.48. The van der Waals surface area contributed by atoms with E-state index >= 15 is 0 Å². The van der Waals surface area contributed by atoms with Gasteiger partial charge in [-0.25, -0.2) is 4.68 Å². The maximum Gasteiger partial charge on any atom is 0.0679 e. The molecule has 0 aliphatic heterocycles. The third-order valence-corrected chi connectivity index (χ3v) is 3.30. The van der Waals surface area contributed by atoms with Crippen LogP contribution in [0.3, 0.4) is 0 Å². The Morgan fingerprint density at radius 2 is 1.84 bits per heavy atom. The number of hydrogen-bond acceptors (Lipinski definition) is 3. The second kappa shape index (κ2) is 6.48. The number of nitrogens with zero attached hydrogens (tertiary/aromatic N) is 3. The van der Waals surface area contributed by atoms with Gasteiger partial charge in [-0.05, 0) is 31.5 Å². The highest BCUT2D eigenvalue weighted by molar-refractivity contribution is 5.36. The third kappa shape index (κ3) is 2.84. The molecule has 102 valence electrons. The van der Waals surface area contributed by atoms with Crippen molar-refractivity contribution in [2.24, 2.45) is 0 Å². The molecule has 2 heterocycles. The lowest BCUT2D eigenvalue weighted by Gasteiger charge is -2.08. The predicted octanol–water partition coefficient (Wildman–Crippen LogP) is 2.50. The fourth-order valence-corrected chi connectivity index (χ4v) is 2.34. The first-order chi connectivity index (χ1) is 9.31. The molecular formula is C15H22N4. The molecule has 0 spiro atoms. The Bertz CT molecular complexity index is 516. The number of aromatic nitrogens is 3. The fourth-order valence-electron chi connectivity index (χ4n) is 2.34. The van der Waals surface area contributed by atoms with Gasteiger partial charge in [0.15, 0.2) is 0 Å². The van der Waals surface area contributed by atoms with Crippen molar-refractivity contribution >= 4 is 0 Å². The summed E-state index contributed by atoms with van der Waals surface area (Å²) in [6, 6.07) is 4.01. The third-order valence-electron chi connectivity index (χ3n) is 3.30. The number of nitrogens with one attached hydrogen (secondary N) is 1. The minimum Gasteiger partial charge on any atom is -0.313 e. The molecule has 0 aliphatic rings. The van der Waals surface area contributed by atoms with Crippen LogP contribution in [-0.4, -0.2) is 21.3 Å². The summed E-state index contributed by atoms with van der Waals surface area (Å²) < 4.78 is 2.06. The van der Waals surface area contributed by atoms with E-state index in [1.165, 1.54) is 17.0 Å². The van der Waals surface area contributed by atoms with E-state index in [1.54, 1.807) is 0 Å². The molecule has 0 radical (unpaired) electrons. The SMILES string of the molecule is CCNCc1c(CC)nn(-c2ccncc2)c1CC. The lowest BCUT2D eigenvalue weighted by Crippen LogP contribution is -2.14. The Morgan fingerprint density at radius 1 is 1.11 bits per heavy atom. The summed E-state index contributed by atoms with van der Waals surface area (Å²) in [7, 11) is 0. The molecular weight excluding hydrogens is 236 g/mol. The molecule has 0 aromatic carbocycles. The van der Waals surface area contributed by atoms with Crippen LogP contribution < -0.4 is 5.32 Å². The molecule has 1 N–H and O–H groups in total. The van der Waals surface area contributed by atoms with Gasteiger partial charge < -0.3 is 5.32 Å². The molecule has 4 heteroatoms. The van der Waals surface area contributed by atoms with Gasteiger partial charge in [0.1, 0.15) is 0 Å². The van der Waals surface area contributed by atoms with Crippen molar-refractivity contribution in [1.82, 2.24) is 20.1 Å². The van der Waals surface area contributed by atoms with Crippen molar-refractivity contribution in [1.29, 1.82) is 0 Å². The van der Waals surface area contributed by atoms with E-state index in [-0.39, 0.29) is 0 Å². The van der Waals surface area contributed by atoms with Gasteiger partial charge >= 0.3 is 0 Å². The Hall–Kier alpha value is -1.68. The average molecular weight is 258 g/mol. The van der Waals surface area contributed by atoms with Crippen LogP contribution in [0.2, 0.25) is 0 Å². The van der Waals surface area contributed by atoms with Gasteiger partial charge in [-0.1, -0.05) is 20.8 Å². The summed E-state index contributed by atoms with van der Waals surface area (Å²) in [4.78, 5) is 4.07. The molecule has 0 saturated heterocycles. The van der Waals surface area contributed by atoms with Crippen molar-refractivity contribution in [3.63, 3.8) is 0 Å². The second-order valence-corrected chi connectivity index (χ2v) is 4.48. The lowest BCUT2D eigenvalue weighted by atomic mass is 10.1. The Kier molecular flexibility index (Phi) is 4.68. The van der Waals surface area contributed by atoms with Crippen molar-refractivity contribution in [3.8, 4) is 5.69 Å². The van der Waals surface area contributed by atoms with Crippen molar-refractivity contribution in [2.75, 3.05) is 6.54 Å². The quantitative estimate of drug-likeness (QED) is 0.865. The van der Waals surface area contributed by atoms with Crippen LogP contribution in [0.25, 0.3) is 5.69 Å². The monoisotopic (exact) mass is 258 g/mol. The number of rotatable bonds is 6. The van der Waals surface area contributed by atoms with Gasteiger partial charge in [0.05, 0.1) is 11.4 Å². The van der Waals surface area contributed by atoms with E-state index in [2.05, 4.69) is 35.8 Å². The van der Waals surface area contributed by atoms with Crippen LogP contribution in [-0.2, 0) is 19.4 Å². The standard InChI is InChI=1S/C15H22N4/c1-4-14-13(11-16-6-3)15(5-2)19(18-14)12-7-9-17-10-8-12/h7-10,16H,4-6,11H2,1-3H3. The number of aryl methyl sites for hydroxylation is 1. The van der Waals surface area contributed by atoms with Gasteiger partial charge in [0.25, 0.3) is 0 Å². The van der Waals surface area contributed by atoms with Crippen LogP contribution in [0, 0.1) is 0 Å². The van der Waals surface area contributed by atoms with Crippen molar-refractivity contribution < 1.29 is 0 Å². The highest BCUT2D eigenvalue weighted by atomic mass is 15.3. The van der Waals surface area contributed by atoms with E-state index in [4.69, 9.17) is 5.10 Å². The summed E-state index contributed by atoms with van der Waals surface area (Å²) >= 11 is 0. The van der Waals surface area contributed by atoms with Crippen LogP contribution in [0.5, 0.6) is 0 Å². The average Bonchev–Trinajstić information content (AvgIpc) is 2.83. The summed E-state index contributed by atoms with van der Waals surface area (Å²) in [6.07, 6.45) is 5.57. The molecule has 2 rings (SSSR count). The molecule has 4 nitrogen and oxygen atoms in total. The van der Waals surface area contributed by atoms with E-state index in [0.717, 1.165) is 31.6 Å². The van der Waals surface area contributed by atoms with Gasteiger partial charge in [-0.15, -0.1) is 0 Å². The molecule has 0 amide bonds. The summed E-state index contributed by atoms with van der Waals surface area (Å²) in [6.45, 7) is 8.35. The predicted molar refractivity (Wildman–Crippen MR) is 77.5 cm³/mol. The molecule has 0 aliphatic carbocycles. The molecule has 2 aromatic heterocycles. The van der Waals surface area contributed by atoms with E-state index in [9.17, 15) is 0 Å². The summed E-state index contributed by atoms with van der Waals surface area (Å²) in [5, 5.41) is 8.18. The number of pyridine rings is 1. The van der Waals surface area contributed by atoms with Crippen molar-refractivity contribution in [3.05, 3.63) is 41.5 Å². The first kappa shape index (κ1) is 13.7. The summed E-state index contributed by atoms with van der Waals surface area (Å²) in [5.74, 6) is 0. The van der Waals surface area contributed by atoms with Gasteiger partial charge in [0, 0.05) is 30.2 Å². The first-order valence-corrected chi connectivity index (χ1v) is 7.02. The zero-order chi connectivity index (χ0) is 13.7. The van der Waals surface area contributed by atoms with Crippen LogP contribution in [0.1, 0.15) is 37.7 Å². The molecule has 0 bridgehead atoms. The van der Waals surface area contributed by atoms with E-state index in [0.29, 0.717) is 0 Å². The maximum absolute atomic E-state index is 4.77. The fraction of sp³-hybridized carbons (Fsp3) is 0.467. The first-order valence-electron chi connectivity index (χ1n) is 7.02. The van der Waals surface area contributed by atoms with Gasteiger partial charge in [0.2, 0.25) is 0 Å². The minimum absolute atomic E-state index is 0.897. The van der Waals surface area contributed by atoms with Crippen LogP contribution in [0.4, 0.5) is 0 Å². The maximum atomic E-state index is 4.77. The highest BCUT2D eigenvalue weighted by Gasteiger charge is 2.15. The van der Waals surface area contributed by atoms with Crippen LogP contribution in [0.15, 0.2) is 24.5 Å². The van der Waals surface area contributed by atoms with E-state index < -0.39 is 0 Å². The largest absolute Gasteiger partial charge is 0.313 e. The Labute approximate surface area is 114 Å². The smallest absolute Gasteiger partial charge is 0.0679 e. The number of hydrogen-bond donors (Lipinski definition) is 1.